The highest BCUT2D eigenvalue weighted by Crippen LogP contribution is 2.26. The van der Waals surface area contributed by atoms with Crippen LogP contribution in [0, 0.1) is 0 Å². The third-order valence-corrected chi connectivity index (χ3v) is 4.91. The second-order valence-electron chi connectivity index (χ2n) is 5.81. The van der Waals surface area contributed by atoms with Gasteiger partial charge in [-0.05, 0) is 18.2 Å². The number of benzene rings is 1. The van der Waals surface area contributed by atoms with Crippen LogP contribution < -0.4 is 11.1 Å². The molecule has 0 fully saturated rings. The minimum atomic E-state index is -0.532. The normalized spacial score (nSPS) is 11.0. The van der Waals surface area contributed by atoms with Gasteiger partial charge in [0.05, 0.1) is 5.69 Å². The number of para-hydroxylation sites is 1. The van der Waals surface area contributed by atoms with Gasteiger partial charge in [-0.1, -0.05) is 18.2 Å². The predicted octanol–water partition coefficient (Wildman–Crippen LogP) is 2.98. The Kier molecular flexibility index (Phi) is 3.81. The summed E-state index contributed by atoms with van der Waals surface area (Å²) in [4.78, 5) is 31.0. The summed E-state index contributed by atoms with van der Waals surface area (Å²) in [5, 5.41) is 6.13. The number of aromatic amines is 1. The first-order valence-corrected chi connectivity index (χ1v) is 8.71. The van der Waals surface area contributed by atoms with Crippen molar-refractivity contribution in [3.8, 4) is 11.3 Å². The van der Waals surface area contributed by atoms with Crippen molar-refractivity contribution in [2.75, 3.05) is 5.32 Å². The summed E-state index contributed by atoms with van der Waals surface area (Å²) in [5.74, 6) is -0.757. The van der Waals surface area contributed by atoms with E-state index >= 15 is 0 Å². The summed E-state index contributed by atoms with van der Waals surface area (Å²) in [6.45, 7) is 0. The Labute approximate surface area is 152 Å². The van der Waals surface area contributed by atoms with Crippen LogP contribution in [0.1, 0.15) is 21.0 Å². The molecule has 2 amide bonds. The van der Waals surface area contributed by atoms with Gasteiger partial charge >= 0.3 is 0 Å². The standard InChI is InChI=1S/C18H15N5O2S/c1-23-14-5-3-2-4-10(14)7-15(23)17(25)22-18-21-13(9-26-18)11-6-12(16(19)24)20-8-11/h2-9,20H,1H3,(H2,19,24)(H,21,22,25). The average molecular weight is 365 g/mol. The number of rotatable bonds is 4. The van der Waals surface area contributed by atoms with E-state index < -0.39 is 5.91 Å². The Morgan fingerprint density at radius 2 is 2.08 bits per heavy atom. The number of hydrogen-bond donors (Lipinski definition) is 3. The fraction of sp³-hybridized carbons (Fsp3) is 0.0556. The van der Waals surface area contributed by atoms with E-state index in [0.29, 0.717) is 22.2 Å². The maximum Gasteiger partial charge on any atom is 0.274 e. The second kappa shape index (κ2) is 6.16. The molecule has 3 heterocycles. The van der Waals surface area contributed by atoms with Crippen LogP contribution in [0.2, 0.25) is 0 Å². The van der Waals surface area contributed by atoms with E-state index in [2.05, 4.69) is 15.3 Å². The summed E-state index contributed by atoms with van der Waals surface area (Å²) >= 11 is 1.32. The highest BCUT2D eigenvalue weighted by atomic mass is 32.1. The highest BCUT2D eigenvalue weighted by molar-refractivity contribution is 7.14. The number of hydrogen-bond acceptors (Lipinski definition) is 4. The van der Waals surface area contributed by atoms with Crippen molar-refractivity contribution < 1.29 is 9.59 Å². The molecule has 4 N–H and O–H groups in total. The molecule has 0 bridgehead atoms. The van der Waals surface area contributed by atoms with E-state index in [1.54, 1.807) is 12.3 Å². The van der Waals surface area contributed by atoms with Gasteiger partial charge < -0.3 is 15.3 Å². The number of aromatic nitrogens is 3. The molecule has 130 valence electrons. The van der Waals surface area contributed by atoms with E-state index in [0.717, 1.165) is 16.5 Å². The number of H-pyrrole nitrogens is 1. The fourth-order valence-corrected chi connectivity index (χ4v) is 3.53. The summed E-state index contributed by atoms with van der Waals surface area (Å²) in [6.07, 6.45) is 1.66. The predicted molar refractivity (Wildman–Crippen MR) is 101 cm³/mol. The van der Waals surface area contributed by atoms with Crippen LogP contribution in [-0.2, 0) is 7.05 Å². The van der Waals surface area contributed by atoms with E-state index in [9.17, 15) is 9.59 Å². The number of thiazole rings is 1. The Hall–Kier alpha value is -3.39. The zero-order valence-corrected chi connectivity index (χ0v) is 14.6. The zero-order valence-electron chi connectivity index (χ0n) is 13.8. The molecule has 3 aromatic heterocycles. The van der Waals surface area contributed by atoms with Crippen LogP contribution in [0.3, 0.4) is 0 Å². The number of carbonyl (C=O) groups excluding carboxylic acids is 2. The molecule has 0 saturated heterocycles. The minimum Gasteiger partial charge on any atom is -0.364 e. The molecule has 0 aliphatic rings. The maximum atomic E-state index is 12.6. The zero-order chi connectivity index (χ0) is 18.3. The highest BCUT2D eigenvalue weighted by Gasteiger charge is 2.15. The number of amides is 2. The van der Waals surface area contributed by atoms with Gasteiger partial charge in [0.25, 0.3) is 11.8 Å². The SMILES string of the molecule is Cn1c(C(=O)Nc2nc(-c3c[nH]c(C(N)=O)c3)cs2)cc2ccccc21. The molecule has 0 aliphatic heterocycles. The Morgan fingerprint density at radius 1 is 1.27 bits per heavy atom. The molecule has 1 aromatic carbocycles. The van der Waals surface area contributed by atoms with Crippen LogP contribution in [-0.4, -0.2) is 26.3 Å². The Bertz CT molecular complexity index is 1140. The summed E-state index contributed by atoms with van der Waals surface area (Å²) in [5.41, 5.74) is 8.49. The molecule has 8 heteroatoms. The van der Waals surface area contributed by atoms with Crippen molar-refractivity contribution in [2.24, 2.45) is 12.8 Å². The molecule has 0 unspecified atom stereocenters. The molecule has 26 heavy (non-hydrogen) atoms. The lowest BCUT2D eigenvalue weighted by molar-refractivity contribution is 0.0993. The minimum absolute atomic E-state index is 0.225. The third-order valence-electron chi connectivity index (χ3n) is 4.15. The monoisotopic (exact) mass is 365 g/mol. The van der Waals surface area contributed by atoms with Gasteiger partial charge in [0.1, 0.15) is 11.4 Å². The lowest BCUT2D eigenvalue weighted by atomic mass is 10.2. The molecular weight excluding hydrogens is 350 g/mol. The van der Waals surface area contributed by atoms with E-state index in [4.69, 9.17) is 5.73 Å². The number of carbonyl (C=O) groups is 2. The van der Waals surface area contributed by atoms with Crippen LogP contribution >= 0.6 is 11.3 Å². The second-order valence-corrected chi connectivity index (χ2v) is 6.66. The van der Waals surface area contributed by atoms with Crippen molar-refractivity contribution in [3.05, 3.63) is 59.4 Å². The van der Waals surface area contributed by atoms with E-state index in [-0.39, 0.29) is 5.91 Å². The quantitative estimate of drug-likeness (QED) is 0.517. The maximum absolute atomic E-state index is 12.6. The summed E-state index contributed by atoms with van der Waals surface area (Å²) in [6, 6.07) is 11.3. The van der Waals surface area contributed by atoms with Gasteiger partial charge in [-0.15, -0.1) is 11.3 Å². The number of nitrogens with zero attached hydrogens (tertiary/aromatic N) is 2. The molecule has 4 aromatic rings. The van der Waals surface area contributed by atoms with E-state index in [1.807, 2.05) is 47.3 Å². The van der Waals surface area contributed by atoms with Crippen LogP contribution in [0.25, 0.3) is 22.2 Å². The number of aryl methyl sites for hydroxylation is 1. The Balaban J connectivity index is 1.57. The number of nitrogens with two attached hydrogens (primary N) is 1. The molecule has 0 spiro atoms. The third kappa shape index (κ3) is 2.76. The number of fused-ring (bicyclic) bond motifs is 1. The van der Waals surface area contributed by atoms with Gasteiger partial charge in [0, 0.05) is 35.1 Å². The van der Waals surface area contributed by atoms with Crippen molar-refractivity contribution in [1.29, 1.82) is 0 Å². The summed E-state index contributed by atoms with van der Waals surface area (Å²) < 4.78 is 1.85. The van der Waals surface area contributed by atoms with Crippen LogP contribution in [0.5, 0.6) is 0 Å². The van der Waals surface area contributed by atoms with Gasteiger partial charge in [0.2, 0.25) is 0 Å². The van der Waals surface area contributed by atoms with Crippen molar-refractivity contribution in [3.63, 3.8) is 0 Å². The lowest BCUT2D eigenvalue weighted by Crippen LogP contribution is -2.15. The topological polar surface area (TPSA) is 106 Å². The first-order valence-electron chi connectivity index (χ1n) is 7.83. The van der Waals surface area contributed by atoms with Crippen molar-refractivity contribution in [2.45, 2.75) is 0 Å². The summed E-state index contributed by atoms with van der Waals surface area (Å²) in [7, 11) is 1.86. The smallest absolute Gasteiger partial charge is 0.274 e. The van der Waals surface area contributed by atoms with Crippen molar-refractivity contribution in [1.82, 2.24) is 14.5 Å². The molecule has 7 nitrogen and oxygen atoms in total. The first-order chi connectivity index (χ1) is 12.5. The molecular formula is C18H15N5O2S. The fourth-order valence-electron chi connectivity index (χ4n) is 2.82. The Morgan fingerprint density at radius 3 is 2.81 bits per heavy atom. The van der Waals surface area contributed by atoms with E-state index in [1.165, 1.54) is 11.3 Å². The van der Waals surface area contributed by atoms with Gasteiger partial charge in [-0.25, -0.2) is 4.98 Å². The van der Waals surface area contributed by atoms with Gasteiger partial charge in [-0.3, -0.25) is 14.9 Å². The number of nitrogens with one attached hydrogen (secondary N) is 2. The molecule has 0 aliphatic carbocycles. The largest absolute Gasteiger partial charge is 0.364 e. The van der Waals surface area contributed by atoms with Crippen molar-refractivity contribution >= 4 is 39.2 Å². The van der Waals surface area contributed by atoms with Crippen LogP contribution in [0.15, 0.2) is 48.0 Å². The first kappa shape index (κ1) is 16.1. The number of anilines is 1. The van der Waals surface area contributed by atoms with Gasteiger partial charge in [-0.2, -0.15) is 0 Å². The average Bonchev–Trinajstić information content (AvgIpc) is 3.33. The lowest BCUT2D eigenvalue weighted by Gasteiger charge is -2.03. The molecule has 0 atom stereocenters. The molecule has 0 saturated carbocycles. The molecule has 0 radical (unpaired) electrons. The molecule has 4 rings (SSSR count). The number of primary amides is 1. The van der Waals surface area contributed by atoms with Crippen LogP contribution in [0.4, 0.5) is 5.13 Å². The van der Waals surface area contributed by atoms with Gasteiger partial charge in [0.15, 0.2) is 5.13 Å².